The lowest BCUT2D eigenvalue weighted by molar-refractivity contribution is 0.289. The Hall–Kier alpha value is -0.540. The Bertz CT molecular complexity index is 612. The van der Waals surface area contributed by atoms with Gasteiger partial charge in [-0.3, -0.25) is 0 Å². The summed E-state index contributed by atoms with van der Waals surface area (Å²) in [6, 6.07) is 6.88. The molecular weight excluding hydrogens is 336 g/mol. The Morgan fingerprint density at radius 2 is 2.00 bits per heavy atom. The number of fused-ring (bicyclic) bond motifs is 1. The van der Waals surface area contributed by atoms with Crippen molar-refractivity contribution in [3.63, 3.8) is 0 Å². The molecule has 0 aliphatic heterocycles. The Kier molecular flexibility index (Phi) is 4.09. The molecule has 1 saturated carbocycles. The fourth-order valence-corrected chi connectivity index (χ4v) is 3.76. The van der Waals surface area contributed by atoms with Crippen molar-refractivity contribution in [2.24, 2.45) is 5.92 Å². The van der Waals surface area contributed by atoms with Gasteiger partial charge in [0.05, 0.1) is 16.4 Å². The highest BCUT2D eigenvalue weighted by atomic mass is 79.9. The summed E-state index contributed by atoms with van der Waals surface area (Å²) >= 11 is 9.90. The zero-order valence-electron chi connectivity index (χ0n) is 11.9. The smallest absolute Gasteiger partial charge is 0.127 e. The van der Waals surface area contributed by atoms with Gasteiger partial charge in [0.2, 0.25) is 0 Å². The quantitative estimate of drug-likeness (QED) is 0.618. The van der Waals surface area contributed by atoms with Crippen LogP contribution < -0.4 is 0 Å². The van der Waals surface area contributed by atoms with Crippen LogP contribution in [0.4, 0.5) is 0 Å². The van der Waals surface area contributed by atoms with Gasteiger partial charge in [0.1, 0.15) is 5.82 Å². The first kappa shape index (κ1) is 14.4. The molecule has 1 heterocycles. The molecule has 2 nitrogen and oxygen atoms in total. The van der Waals surface area contributed by atoms with E-state index in [1.165, 1.54) is 31.2 Å². The summed E-state index contributed by atoms with van der Waals surface area (Å²) in [5, 5.41) is -0.0551. The number of aromatic nitrogens is 2. The minimum absolute atomic E-state index is 0.0551. The Morgan fingerprint density at radius 1 is 1.30 bits per heavy atom. The third kappa shape index (κ3) is 2.62. The van der Waals surface area contributed by atoms with E-state index >= 15 is 0 Å². The molecule has 0 amide bonds. The zero-order chi connectivity index (χ0) is 14.3. The minimum Gasteiger partial charge on any atom is -0.324 e. The van der Waals surface area contributed by atoms with Gasteiger partial charge in [-0.15, -0.1) is 11.6 Å². The van der Waals surface area contributed by atoms with Crippen LogP contribution in [0.25, 0.3) is 11.0 Å². The molecule has 0 N–H and O–H groups in total. The molecule has 1 aliphatic rings. The first-order chi connectivity index (χ1) is 9.56. The van der Waals surface area contributed by atoms with Crippen molar-refractivity contribution < 1.29 is 0 Å². The van der Waals surface area contributed by atoms with E-state index in [-0.39, 0.29) is 5.38 Å². The third-order valence-corrected chi connectivity index (χ3v) is 5.07. The lowest BCUT2D eigenvalue weighted by Crippen LogP contribution is -2.18. The predicted octanol–water partition coefficient (Wildman–Crippen LogP) is 5.85. The largest absolute Gasteiger partial charge is 0.324 e. The molecule has 108 valence electrons. The van der Waals surface area contributed by atoms with Crippen LogP contribution in [0, 0.1) is 5.92 Å². The molecular formula is C16H20BrClN2. The molecule has 0 saturated heterocycles. The summed E-state index contributed by atoms with van der Waals surface area (Å²) in [5.74, 6) is 1.87. The molecule has 0 bridgehead atoms. The van der Waals surface area contributed by atoms with E-state index in [9.17, 15) is 0 Å². The average molecular weight is 356 g/mol. The lowest BCUT2D eigenvalue weighted by atomic mass is 9.87. The number of halogens is 2. The summed E-state index contributed by atoms with van der Waals surface area (Å²) in [6.07, 6.45) is 5.08. The normalized spacial score (nSPS) is 25.0. The second-order valence-electron chi connectivity index (χ2n) is 6.00. The molecule has 3 rings (SSSR count). The molecule has 1 aromatic heterocycles. The molecule has 4 heteroatoms. The topological polar surface area (TPSA) is 17.8 Å². The van der Waals surface area contributed by atoms with Crippen LogP contribution in [0.1, 0.15) is 56.8 Å². The van der Waals surface area contributed by atoms with Crippen molar-refractivity contribution in [1.29, 1.82) is 0 Å². The van der Waals surface area contributed by atoms with Crippen LogP contribution >= 0.6 is 27.5 Å². The molecule has 0 spiro atoms. The number of benzene rings is 1. The van der Waals surface area contributed by atoms with Crippen LogP contribution in [0.2, 0.25) is 0 Å². The number of nitrogens with zero attached hydrogens (tertiary/aromatic N) is 2. The highest BCUT2D eigenvalue weighted by Gasteiger charge is 2.25. The van der Waals surface area contributed by atoms with Gasteiger partial charge in [0, 0.05) is 10.5 Å². The molecule has 1 unspecified atom stereocenters. The van der Waals surface area contributed by atoms with Crippen LogP contribution in [-0.2, 0) is 0 Å². The van der Waals surface area contributed by atoms with Gasteiger partial charge in [-0.2, -0.15) is 0 Å². The fourth-order valence-electron chi connectivity index (χ4n) is 3.26. The van der Waals surface area contributed by atoms with Gasteiger partial charge in [-0.05, 0) is 56.7 Å². The summed E-state index contributed by atoms with van der Waals surface area (Å²) in [5.41, 5.74) is 2.26. The van der Waals surface area contributed by atoms with E-state index in [1.807, 2.05) is 6.92 Å². The van der Waals surface area contributed by atoms with Crippen LogP contribution in [0.3, 0.4) is 0 Å². The first-order valence-electron chi connectivity index (χ1n) is 7.37. The van der Waals surface area contributed by atoms with Crippen LogP contribution in [0.5, 0.6) is 0 Å². The second kappa shape index (κ2) is 5.69. The van der Waals surface area contributed by atoms with E-state index in [4.69, 9.17) is 16.6 Å². The number of hydrogen-bond acceptors (Lipinski definition) is 1. The van der Waals surface area contributed by atoms with Gasteiger partial charge < -0.3 is 4.57 Å². The maximum absolute atomic E-state index is 6.37. The van der Waals surface area contributed by atoms with E-state index < -0.39 is 0 Å². The number of hydrogen-bond donors (Lipinski definition) is 0. The van der Waals surface area contributed by atoms with Crippen molar-refractivity contribution in [2.75, 3.05) is 0 Å². The Labute approximate surface area is 133 Å². The van der Waals surface area contributed by atoms with Gasteiger partial charge in [0.25, 0.3) is 0 Å². The standard InChI is InChI=1S/C16H20BrClN2/c1-10-3-6-13(7-4-10)20-15-8-5-12(17)9-14(15)19-16(20)11(2)18/h5,8-11,13H,3-4,6-7H2,1-2H3. The second-order valence-corrected chi connectivity index (χ2v) is 7.57. The van der Waals surface area contributed by atoms with E-state index in [2.05, 4.69) is 45.6 Å². The van der Waals surface area contributed by atoms with Crippen molar-refractivity contribution in [3.8, 4) is 0 Å². The highest BCUT2D eigenvalue weighted by Crippen LogP contribution is 2.37. The highest BCUT2D eigenvalue weighted by molar-refractivity contribution is 9.10. The molecule has 0 radical (unpaired) electrons. The van der Waals surface area contributed by atoms with Gasteiger partial charge in [-0.1, -0.05) is 22.9 Å². The molecule has 1 aliphatic carbocycles. The monoisotopic (exact) mass is 354 g/mol. The molecule has 1 fully saturated rings. The number of imidazole rings is 1. The van der Waals surface area contributed by atoms with Crippen molar-refractivity contribution in [3.05, 3.63) is 28.5 Å². The van der Waals surface area contributed by atoms with Gasteiger partial charge >= 0.3 is 0 Å². The molecule has 1 atom stereocenters. The maximum Gasteiger partial charge on any atom is 0.127 e. The average Bonchev–Trinajstić information content (AvgIpc) is 2.78. The maximum atomic E-state index is 6.37. The summed E-state index contributed by atoms with van der Waals surface area (Å²) in [6.45, 7) is 4.37. The zero-order valence-corrected chi connectivity index (χ0v) is 14.3. The molecule has 20 heavy (non-hydrogen) atoms. The third-order valence-electron chi connectivity index (χ3n) is 4.39. The van der Waals surface area contributed by atoms with Crippen molar-refractivity contribution in [1.82, 2.24) is 9.55 Å². The molecule has 1 aromatic carbocycles. The SMILES string of the molecule is CC1CCC(n2c(C(C)Cl)nc3cc(Br)ccc32)CC1. The number of alkyl halides is 1. The summed E-state index contributed by atoms with van der Waals surface area (Å²) in [7, 11) is 0. The van der Waals surface area contributed by atoms with Crippen LogP contribution in [-0.4, -0.2) is 9.55 Å². The van der Waals surface area contributed by atoms with Crippen LogP contribution in [0.15, 0.2) is 22.7 Å². The van der Waals surface area contributed by atoms with Crippen molar-refractivity contribution in [2.45, 2.75) is 50.9 Å². The fraction of sp³-hybridized carbons (Fsp3) is 0.562. The minimum atomic E-state index is -0.0551. The van der Waals surface area contributed by atoms with E-state index in [0.29, 0.717) is 6.04 Å². The summed E-state index contributed by atoms with van der Waals surface area (Å²) < 4.78 is 3.46. The van der Waals surface area contributed by atoms with E-state index in [1.54, 1.807) is 0 Å². The predicted molar refractivity (Wildman–Crippen MR) is 88.4 cm³/mol. The Morgan fingerprint density at radius 3 is 2.65 bits per heavy atom. The lowest BCUT2D eigenvalue weighted by Gasteiger charge is -2.29. The van der Waals surface area contributed by atoms with Gasteiger partial charge in [-0.25, -0.2) is 4.98 Å². The van der Waals surface area contributed by atoms with E-state index in [0.717, 1.165) is 21.7 Å². The van der Waals surface area contributed by atoms with Crippen molar-refractivity contribution >= 4 is 38.6 Å². The molecule has 2 aromatic rings. The Balaban J connectivity index is 2.09. The summed E-state index contributed by atoms with van der Waals surface area (Å²) in [4.78, 5) is 4.77. The first-order valence-corrected chi connectivity index (χ1v) is 8.60. The number of rotatable bonds is 2. The van der Waals surface area contributed by atoms with Gasteiger partial charge in [0.15, 0.2) is 0 Å².